The SMILES string of the molecule is CC(N=C(N)C(C1=NCCN1Cc1ccc(C(F)(F)F)cc1)=C(N)C(F)(F)F)c1ccc(Br)cc1. The first-order valence-corrected chi connectivity index (χ1v) is 11.2. The molecule has 0 bridgehead atoms. The van der Waals surface area contributed by atoms with Crippen molar-refractivity contribution in [2.75, 3.05) is 13.1 Å². The highest BCUT2D eigenvalue weighted by molar-refractivity contribution is 9.10. The van der Waals surface area contributed by atoms with E-state index in [1.807, 2.05) is 0 Å². The minimum absolute atomic E-state index is 0.0150. The van der Waals surface area contributed by atoms with E-state index in [2.05, 4.69) is 25.9 Å². The summed E-state index contributed by atoms with van der Waals surface area (Å²) in [6.45, 7) is 2.09. The monoisotopic (exact) mass is 561 g/mol. The van der Waals surface area contributed by atoms with E-state index < -0.39 is 41.1 Å². The van der Waals surface area contributed by atoms with Crippen molar-refractivity contribution in [3.05, 3.63) is 81.0 Å². The second kappa shape index (κ2) is 10.3. The third-order valence-electron chi connectivity index (χ3n) is 5.33. The molecule has 2 aromatic rings. The molecule has 0 aromatic heterocycles. The van der Waals surface area contributed by atoms with E-state index in [1.165, 1.54) is 17.0 Å². The Morgan fingerprint density at radius 1 is 1.03 bits per heavy atom. The lowest BCUT2D eigenvalue weighted by Gasteiger charge is -2.24. The largest absolute Gasteiger partial charge is 0.431 e. The molecule has 4 N–H and O–H groups in total. The Balaban J connectivity index is 1.94. The maximum atomic E-state index is 13.6. The van der Waals surface area contributed by atoms with Gasteiger partial charge in [0.1, 0.15) is 17.4 Å². The molecule has 188 valence electrons. The fourth-order valence-corrected chi connectivity index (χ4v) is 3.76. The lowest BCUT2D eigenvalue weighted by atomic mass is 10.1. The molecule has 3 rings (SSSR count). The maximum absolute atomic E-state index is 13.6. The van der Waals surface area contributed by atoms with Crippen molar-refractivity contribution < 1.29 is 26.3 Å². The molecule has 12 heteroatoms. The number of hydrogen-bond acceptors (Lipinski definition) is 4. The van der Waals surface area contributed by atoms with Crippen LogP contribution in [-0.4, -0.2) is 35.8 Å². The molecule has 1 atom stereocenters. The fourth-order valence-electron chi connectivity index (χ4n) is 3.50. The molecule has 1 heterocycles. The molecule has 0 amide bonds. The number of aliphatic imine (C=N–C) groups is 2. The Morgan fingerprint density at radius 2 is 1.63 bits per heavy atom. The Bertz CT molecular complexity index is 1130. The highest BCUT2D eigenvalue weighted by Crippen LogP contribution is 2.31. The van der Waals surface area contributed by atoms with Gasteiger partial charge in [0.2, 0.25) is 0 Å². The summed E-state index contributed by atoms with van der Waals surface area (Å²) in [7, 11) is 0. The van der Waals surface area contributed by atoms with Crippen molar-refractivity contribution in [1.82, 2.24) is 4.90 Å². The third kappa shape index (κ3) is 6.56. The quantitative estimate of drug-likeness (QED) is 0.274. The summed E-state index contributed by atoms with van der Waals surface area (Å²) >= 11 is 3.32. The molecular formula is C23H22BrF6N5. The van der Waals surface area contributed by atoms with Crippen molar-refractivity contribution in [3.8, 4) is 0 Å². The standard InChI is InChI=1S/C23H22BrF6N5/c1-13(15-4-8-17(24)9-5-15)34-20(32)18(19(31)23(28,29)30)21-33-10-11-35(21)12-14-2-6-16(7-3-14)22(25,26)27/h2-9,13H,10-12,31H2,1H3,(H2,32,34). The average Bonchev–Trinajstić information content (AvgIpc) is 3.21. The van der Waals surface area contributed by atoms with E-state index in [9.17, 15) is 26.3 Å². The van der Waals surface area contributed by atoms with Gasteiger partial charge >= 0.3 is 12.4 Å². The minimum atomic E-state index is -4.90. The molecule has 0 radical (unpaired) electrons. The Kier molecular flexibility index (Phi) is 7.83. The molecule has 2 aromatic carbocycles. The van der Waals surface area contributed by atoms with Crippen LogP contribution in [0.4, 0.5) is 26.3 Å². The summed E-state index contributed by atoms with van der Waals surface area (Å²) in [5, 5.41) is 0. The first-order valence-electron chi connectivity index (χ1n) is 10.4. The van der Waals surface area contributed by atoms with Crippen molar-refractivity contribution in [1.29, 1.82) is 0 Å². The van der Waals surface area contributed by atoms with Crippen molar-refractivity contribution in [2.45, 2.75) is 31.9 Å². The number of allylic oxidation sites excluding steroid dienone is 1. The third-order valence-corrected chi connectivity index (χ3v) is 5.85. The molecule has 0 saturated heterocycles. The number of rotatable bonds is 6. The van der Waals surface area contributed by atoms with Crippen LogP contribution in [0.5, 0.6) is 0 Å². The molecule has 5 nitrogen and oxygen atoms in total. The van der Waals surface area contributed by atoms with Crippen LogP contribution in [0.25, 0.3) is 0 Å². The van der Waals surface area contributed by atoms with Crippen LogP contribution >= 0.6 is 15.9 Å². The van der Waals surface area contributed by atoms with Crippen LogP contribution in [0.15, 0.2) is 74.3 Å². The average molecular weight is 562 g/mol. The van der Waals surface area contributed by atoms with Gasteiger partial charge in [-0.1, -0.05) is 40.2 Å². The second-order valence-corrected chi connectivity index (χ2v) is 8.77. The highest BCUT2D eigenvalue weighted by Gasteiger charge is 2.39. The summed E-state index contributed by atoms with van der Waals surface area (Å²) in [4.78, 5) is 9.91. The van der Waals surface area contributed by atoms with Crippen LogP contribution in [0.2, 0.25) is 0 Å². The van der Waals surface area contributed by atoms with E-state index in [0.717, 1.165) is 22.2 Å². The zero-order chi connectivity index (χ0) is 26.0. The number of nitrogens with zero attached hydrogens (tertiary/aromatic N) is 3. The van der Waals surface area contributed by atoms with Gasteiger partial charge in [-0.2, -0.15) is 26.3 Å². The van der Waals surface area contributed by atoms with Gasteiger partial charge in [0.25, 0.3) is 0 Å². The Morgan fingerprint density at radius 3 is 2.17 bits per heavy atom. The molecule has 0 aliphatic carbocycles. The van der Waals surface area contributed by atoms with Gasteiger partial charge in [0, 0.05) is 17.6 Å². The molecule has 0 spiro atoms. The number of benzene rings is 2. The fraction of sp³-hybridized carbons (Fsp3) is 0.304. The lowest BCUT2D eigenvalue weighted by molar-refractivity contribution is -0.137. The zero-order valence-corrected chi connectivity index (χ0v) is 20.0. The first-order chi connectivity index (χ1) is 16.3. The second-order valence-electron chi connectivity index (χ2n) is 7.85. The number of halogens is 7. The number of nitrogens with two attached hydrogens (primary N) is 2. The molecular weight excluding hydrogens is 540 g/mol. The summed E-state index contributed by atoms with van der Waals surface area (Å²) in [6, 6.07) is 10.8. The summed E-state index contributed by atoms with van der Waals surface area (Å²) in [5.74, 6) is -0.544. The van der Waals surface area contributed by atoms with Crippen molar-refractivity contribution in [2.24, 2.45) is 21.5 Å². The van der Waals surface area contributed by atoms with Gasteiger partial charge in [-0.05, 0) is 42.3 Å². The van der Waals surface area contributed by atoms with E-state index in [4.69, 9.17) is 11.5 Å². The van der Waals surface area contributed by atoms with E-state index in [0.29, 0.717) is 5.56 Å². The normalized spacial score (nSPS) is 16.7. The van der Waals surface area contributed by atoms with Crippen LogP contribution < -0.4 is 11.5 Å². The number of alkyl halides is 6. The summed E-state index contributed by atoms with van der Waals surface area (Å²) in [5.41, 5.74) is 9.90. The van der Waals surface area contributed by atoms with E-state index >= 15 is 0 Å². The summed E-state index contributed by atoms with van der Waals surface area (Å²) in [6.07, 6.45) is -9.40. The summed E-state index contributed by atoms with van der Waals surface area (Å²) < 4.78 is 80.3. The molecule has 35 heavy (non-hydrogen) atoms. The van der Waals surface area contributed by atoms with E-state index in [-0.39, 0.29) is 25.5 Å². The van der Waals surface area contributed by atoms with Crippen molar-refractivity contribution >= 4 is 27.6 Å². The lowest BCUT2D eigenvalue weighted by Crippen LogP contribution is -2.38. The zero-order valence-electron chi connectivity index (χ0n) is 18.5. The molecule has 0 fully saturated rings. The van der Waals surface area contributed by atoms with Gasteiger partial charge in [-0.3, -0.25) is 9.98 Å². The number of amidine groups is 2. The van der Waals surface area contributed by atoms with Crippen LogP contribution in [0.3, 0.4) is 0 Å². The van der Waals surface area contributed by atoms with Gasteiger partial charge in [-0.25, -0.2) is 0 Å². The molecule has 1 aliphatic rings. The maximum Gasteiger partial charge on any atom is 0.431 e. The van der Waals surface area contributed by atoms with Crippen LogP contribution in [0, 0.1) is 0 Å². The minimum Gasteiger partial charge on any atom is -0.394 e. The Hall–Kier alpha value is -3.02. The van der Waals surface area contributed by atoms with Crippen molar-refractivity contribution in [3.63, 3.8) is 0 Å². The molecule has 1 aliphatic heterocycles. The first kappa shape index (κ1) is 26.6. The smallest absolute Gasteiger partial charge is 0.394 e. The van der Waals surface area contributed by atoms with Gasteiger partial charge < -0.3 is 16.4 Å². The van der Waals surface area contributed by atoms with Gasteiger partial charge in [0.05, 0.1) is 23.7 Å². The highest BCUT2D eigenvalue weighted by atomic mass is 79.9. The predicted octanol–water partition coefficient (Wildman–Crippen LogP) is 5.58. The number of hydrogen-bond donors (Lipinski definition) is 2. The predicted molar refractivity (Wildman–Crippen MR) is 126 cm³/mol. The van der Waals surface area contributed by atoms with E-state index in [1.54, 1.807) is 31.2 Å². The van der Waals surface area contributed by atoms with Crippen LogP contribution in [-0.2, 0) is 12.7 Å². The topological polar surface area (TPSA) is 80.0 Å². The molecule has 1 unspecified atom stereocenters. The molecule has 0 saturated carbocycles. The van der Waals surface area contributed by atoms with Gasteiger partial charge in [0.15, 0.2) is 0 Å². The van der Waals surface area contributed by atoms with Gasteiger partial charge in [-0.15, -0.1) is 0 Å². The Labute approximate surface area is 206 Å². The van der Waals surface area contributed by atoms with Crippen LogP contribution in [0.1, 0.15) is 29.7 Å².